The highest BCUT2D eigenvalue weighted by atomic mass is 35.5. The number of hydrogen-bond donors (Lipinski definition) is 3. The summed E-state index contributed by atoms with van der Waals surface area (Å²) >= 11 is 5.97. The van der Waals surface area contributed by atoms with Crippen LogP contribution >= 0.6 is 11.6 Å². The number of carboxylic acid groups (broad SMARTS) is 1. The molecule has 1 aliphatic carbocycles. The zero-order chi connectivity index (χ0) is 15.5. The number of carbonyl (C=O) groups excluding carboxylic acids is 1. The van der Waals surface area contributed by atoms with E-state index in [1.807, 2.05) is 0 Å². The molecule has 1 fully saturated rings. The van der Waals surface area contributed by atoms with Crippen LogP contribution in [0.15, 0.2) is 18.2 Å². The standard InChI is InChI=1S/C14H17ClN2O4/c1-21-11-5-4-9(8-10(11)15)16-13(20)17-14(12(18)19)6-2-3-7-14/h4-5,8H,2-3,6-7H2,1H3,(H,18,19)(H2,16,17,20). The van der Waals surface area contributed by atoms with Crippen molar-refractivity contribution < 1.29 is 19.4 Å². The van der Waals surface area contributed by atoms with Crippen molar-refractivity contribution in [2.45, 2.75) is 31.2 Å². The van der Waals surface area contributed by atoms with Crippen LogP contribution in [0.2, 0.25) is 5.02 Å². The molecule has 0 radical (unpaired) electrons. The van der Waals surface area contributed by atoms with Gasteiger partial charge in [0.2, 0.25) is 0 Å². The fraction of sp³-hybridized carbons (Fsp3) is 0.429. The average Bonchev–Trinajstić information content (AvgIpc) is 2.88. The van der Waals surface area contributed by atoms with E-state index in [-0.39, 0.29) is 0 Å². The summed E-state index contributed by atoms with van der Waals surface area (Å²) in [4.78, 5) is 23.4. The van der Waals surface area contributed by atoms with E-state index in [0.717, 1.165) is 12.8 Å². The van der Waals surface area contributed by atoms with Crippen LogP contribution < -0.4 is 15.4 Å². The second kappa shape index (κ2) is 6.22. The summed E-state index contributed by atoms with van der Waals surface area (Å²) in [6.07, 6.45) is 2.47. The summed E-state index contributed by atoms with van der Waals surface area (Å²) in [6, 6.07) is 4.25. The van der Waals surface area contributed by atoms with Gasteiger partial charge in [-0.25, -0.2) is 9.59 Å². The summed E-state index contributed by atoms with van der Waals surface area (Å²) in [6.45, 7) is 0. The molecule has 1 aromatic rings. The van der Waals surface area contributed by atoms with Gasteiger partial charge in [0.1, 0.15) is 11.3 Å². The molecule has 0 aromatic heterocycles. The first kappa shape index (κ1) is 15.4. The van der Waals surface area contributed by atoms with Gasteiger partial charge in [-0.05, 0) is 31.0 Å². The maximum Gasteiger partial charge on any atom is 0.329 e. The molecule has 0 bridgehead atoms. The molecule has 0 unspecified atom stereocenters. The SMILES string of the molecule is COc1ccc(NC(=O)NC2(C(=O)O)CCCC2)cc1Cl. The average molecular weight is 313 g/mol. The van der Waals surface area contributed by atoms with E-state index in [0.29, 0.717) is 29.3 Å². The molecule has 1 aromatic carbocycles. The number of carbonyl (C=O) groups is 2. The van der Waals surface area contributed by atoms with E-state index in [2.05, 4.69) is 10.6 Å². The molecular weight excluding hydrogens is 296 g/mol. The van der Waals surface area contributed by atoms with Gasteiger partial charge in [-0.2, -0.15) is 0 Å². The predicted octanol–water partition coefficient (Wildman–Crippen LogP) is 2.87. The van der Waals surface area contributed by atoms with E-state index in [1.54, 1.807) is 18.2 Å². The van der Waals surface area contributed by atoms with Crippen molar-refractivity contribution in [3.63, 3.8) is 0 Å². The monoisotopic (exact) mass is 312 g/mol. The van der Waals surface area contributed by atoms with E-state index in [4.69, 9.17) is 16.3 Å². The Morgan fingerprint density at radius 2 is 2.00 bits per heavy atom. The molecule has 114 valence electrons. The van der Waals surface area contributed by atoms with Crippen molar-refractivity contribution in [1.29, 1.82) is 0 Å². The Hall–Kier alpha value is -1.95. The minimum atomic E-state index is -1.17. The first-order chi connectivity index (χ1) is 9.97. The third-order valence-electron chi connectivity index (χ3n) is 3.63. The minimum absolute atomic E-state index is 0.365. The van der Waals surface area contributed by atoms with Gasteiger partial charge in [0.25, 0.3) is 0 Å². The molecule has 2 rings (SSSR count). The van der Waals surface area contributed by atoms with E-state index in [9.17, 15) is 14.7 Å². The summed E-state index contributed by atoms with van der Waals surface area (Å²) in [7, 11) is 1.50. The molecule has 0 spiro atoms. The predicted molar refractivity (Wildman–Crippen MR) is 79.0 cm³/mol. The number of halogens is 1. The van der Waals surface area contributed by atoms with Crippen LogP contribution in [0.5, 0.6) is 5.75 Å². The second-order valence-corrected chi connectivity index (χ2v) is 5.43. The van der Waals surface area contributed by atoms with E-state index in [1.165, 1.54) is 7.11 Å². The first-order valence-corrected chi connectivity index (χ1v) is 7.01. The number of ether oxygens (including phenoxy) is 1. The highest BCUT2D eigenvalue weighted by molar-refractivity contribution is 6.32. The van der Waals surface area contributed by atoms with E-state index < -0.39 is 17.5 Å². The molecule has 3 N–H and O–H groups in total. The zero-order valence-electron chi connectivity index (χ0n) is 11.6. The van der Waals surface area contributed by atoms with Crippen LogP contribution in [0.1, 0.15) is 25.7 Å². The molecule has 1 saturated carbocycles. The van der Waals surface area contributed by atoms with Crippen molar-refractivity contribution in [1.82, 2.24) is 5.32 Å². The van der Waals surface area contributed by atoms with Gasteiger partial charge >= 0.3 is 12.0 Å². The lowest BCUT2D eigenvalue weighted by Crippen LogP contribution is -2.53. The van der Waals surface area contributed by atoms with Gasteiger partial charge < -0.3 is 20.5 Å². The molecule has 0 aliphatic heterocycles. The highest BCUT2D eigenvalue weighted by Gasteiger charge is 2.42. The Morgan fingerprint density at radius 3 is 2.52 bits per heavy atom. The molecule has 0 atom stereocenters. The number of anilines is 1. The molecule has 0 heterocycles. The Balaban J connectivity index is 2.04. The largest absolute Gasteiger partial charge is 0.495 e. The smallest absolute Gasteiger partial charge is 0.329 e. The summed E-state index contributed by atoms with van der Waals surface area (Å²) in [5, 5.41) is 14.8. The molecule has 6 nitrogen and oxygen atoms in total. The van der Waals surface area contributed by atoms with Crippen molar-refractivity contribution >= 4 is 29.3 Å². The lowest BCUT2D eigenvalue weighted by molar-refractivity contribution is -0.144. The molecule has 7 heteroatoms. The number of aliphatic carboxylic acids is 1. The number of hydrogen-bond acceptors (Lipinski definition) is 3. The molecule has 2 amide bonds. The third-order valence-corrected chi connectivity index (χ3v) is 3.92. The number of benzene rings is 1. The van der Waals surface area contributed by atoms with Crippen LogP contribution in [-0.2, 0) is 4.79 Å². The number of carboxylic acids is 1. The fourth-order valence-corrected chi connectivity index (χ4v) is 2.75. The molecular formula is C14H17ClN2O4. The lowest BCUT2D eigenvalue weighted by atomic mass is 9.98. The number of methoxy groups -OCH3 is 1. The van der Waals surface area contributed by atoms with E-state index >= 15 is 0 Å². The van der Waals surface area contributed by atoms with Crippen molar-refractivity contribution in [2.24, 2.45) is 0 Å². The third kappa shape index (κ3) is 3.39. The van der Waals surface area contributed by atoms with Gasteiger partial charge in [-0.3, -0.25) is 0 Å². The van der Waals surface area contributed by atoms with Crippen molar-refractivity contribution in [3.05, 3.63) is 23.2 Å². The van der Waals surface area contributed by atoms with Gasteiger partial charge in [0.05, 0.1) is 12.1 Å². The van der Waals surface area contributed by atoms with Crippen LogP contribution in [0, 0.1) is 0 Å². The Labute approximate surface area is 127 Å². The lowest BCUT2D eigenvalue weighted by Gasteiger charge is -2.25. The Kier molecular flexibility index (Phi) is 4.57. The summed E-state index contributed by atoms with van der Waals surface area (Å²) < 4.78 is 5.02. The van der Waals surface area contributed by atoms with Gasteiger partial charge in [-0.1, -0.05) is 24.4 Å². The quantitative estimate of drug-likeness (QED) is 0.797. The van der Waals surface area contributed by atoms with Gasteiger partial charge in [-0.15, -0.1) is 0 Å². The number of nitrogens with one attached hydrogen (secondary N) is 2. The maximum absolute atomic E-state index is 12.0. The number of amides is 2. The van der Waals surface area contributed by atoms with Crippen LogP contribution in [0.3, 0.4) is 0 Å². The molecule has 0 saturated heterocycles. The second-order valence-electron chi connectivity index (χ2n) is 5.02. The summed E-state index contributed by atoms with van der Waals surface area (Å²) in [5.74, 6) is -0.497. The van der Waals surface area contributed by atoms with Gasteiger partial charge in [0, 0.05) is 5.69 Å². The Morgan fingerprint density at radius 1 is 1.33 bits per heavy atom. The highest BCUT2D eigenvalue weighted by Crippen LogP contribution is 2.30. The minimum Gasteiger partial charge on any atom is -0.495 e. The fourth-order valence-electron chi connectivity index (χ4n) is 2.49. The topological polar surface area (TPSA) is 87.7 Å². The van der Waals surface area contributed by atoms with Crippen molar-refractivity contribution in [2.75, 3.05) is 12.4 Å². The summed E-state index contributed by atoms with van der Waals surface area (Å²) in [5.41, 5.74) is -0.697. The molecule has 1 aliphatic rings. The zero-order valence-corrected chi connectivity index (χ0v) is 12.4. The van der Waals surface area contributed by atoms with Crippen molar-refractivity contribution in [3.8, 4) is 5.75 Å². The maximum atomic E-state index is 12.0. The molecule has 21 heavy (non-hydrogen) atoms. The number of rotatable bonds is 4. The van der Waals surface area contributed by atoms with Crippen LogP contribution in [-0.4, -0.2) is 29.8 Å². The Bertz CT molecular complexity index is 556. The van der Waals surface area contributed by atoms with Crippen LogP contribution in [0.4, 0.5) is 10.5 Å². The van der Waals surface area contributed by atoms with Gasteiger partial charge in [0.15, 0.2) is 0 Å². The number of urea groups is 1. The van der Waals surface area contributed by atoms with Crippen LogP contribution in [0.25, 0.3) is 0 Å². The normalized spacial score (nSPS) is 16.3. The first-order valence-electron chi connectivity index (χ1n) is 6.63.